The highest BCUT2D eigenvalue weighted by molar-refractivity contribution is 9.10. The molecule has 19 heavy (non-hydrogen) atoms. The Morgan fingerprint density at radius 3 is 2.79 bits per heavy atom. The minimum absolute atomic E-state index is 0.163. The van der Waals surface area contributed by atoms with Gasteiger partial charge in [0.2, 0.25) is 0 Å². The van der Waals surface area contributed by atoms with Crippen molar-refractivity contribution in [1.82, 2.24) is 5.16 Å². The average molecular weight is 326 g/mol. The third-order valence-corrected chi connectivity index (χ3v) is 3.42. The van der Waals surface area contributed by atoms with Crippen LogP contribution in [0.5, 0.6) is 5.75 Å². The van der Waals surface area contributed by atoms with Gasteiger partial charge >= 0.3 is 5.97 Å². The van der Waals surface area contributed by atoms with Gasteiger partial charge in [0, 0.05) is 4.47 Å². The molecule has 5 nitrogen and oxygen atoms in total. The number of halogens is 1. The molecule has 0 saturated carbocycles. The van der Waals surface area contributed by atoms with E-state index in [4.69, 9.17) is 14.4 Å². The van der Waals surface area contributed by atoms with E-state index in [9.17, 15) is 4.79 Å². The number of benzene rings is 1. The Morgan fingerprint density at radius 2 is 2.21 bits per heavy atom. The summed E-state index contributed by atoms with van der Waals surface area (Å²) in [6, 6.07) is 4.82. The first-order chi connectivity index (χ1) is 8.99. The second kappa shape index (κ2) is 5.44. The lowest BCUT2D eigenvalue weighted by Gasteiger charge is -2.07. The molecule has 0 radical (unpaired) electrons. The van der Waals surface area contributed by atoms with Crippen molar-refractivity contribution in [3.8, 4) is 5.75 Å². The van der Waals surface area contributed by atoms with Gasteiger partial charge in [0.15, 0.2) is 0 Å². The average Bonchev–Trinajstić information content (AvgIpc) is 2.68. The summed E-state index contributed by atoms with van der Waals surface area (Å²) < 4.78 is 11.1. The molecule has 6 heteroatoms. The number of hydrogen-bond donors (Lipinski definition) is 1. The number of carboxylic acid groups (broad SMARTS) is 1. The van der Waals surface area contributed by atoms with E-state index in [2.05, 4.69) is 21.1 Å². The van der Waals surface area contributed by atoms with E-state index in [-0.39, 0.29) is 5.56 Å². The highest BCUT2D eigenvalue weighted by Gasteiger charge is 2.12. The number of aromatic nitrogens is 1. The van der Waals surface area contributed by atoms with E-state index in [0.717, 1.165) is 11.3 Å². The van der Waals surface area contributed by atoms with Gasteiger partial charge < -0.3 is 14.4 Å². The molecule has 100 valence electrons. The van der Waals surface area contributed by atoms with Crippen molar-refractivity contribution in [3.05, 3.63) is 45.3 Å². The molecule has 1 N–H and O–H groups in total. The predicted octanol–water partition coefficient (Wildman–Crippen LogP) is 3.33. The van der Waals surface area contributed by atoms with Crippen LogP contribution < -0.4 is 4.74 Å². The Labute approximate surface area is 118 Å². The maximum absolute atomic E-state index is 11.0. The topological polar surface area (TPSA) is 72.6 Å². The van der Waals surface area contributed by atoms with Crippen LogP contribution >= 0.6 is 15.9 Å². The van der Waals surface area contributed by atoms with Gasteiger partial charge in [-0.2, -0.15) is 0 Å². The fourth-order valence-corrected chi connectivity index (χ4v) is 2.04. The first kappa shape index (κ1) is 13.6. The summed E-state index contributed by atoms with van der Waals surface area (Å²) in [5.41, 5.74) is 1.81. The van der Waals surface area contributed by atoms with Gasteiger partial charge in [0.05, 0.1) is 16.8 Å². The largest absolute Gasteiger partial charge is 0.489 e. The van der Waals surface area contributed by atoms with Crippen molar-refractivity contribution in [2.75, 3.05) is 0 Å². The second-order valence-corrected chi connectivity index (χ2v) is 4.89. The number of aromatic carboxylic acids is 1. The van der Waals surface area contributed by atoms with Crippen LogP contribution in [-0.4, -0.2) is 16.2 Å². The first-order valence-electron chi connectivity index (χ1n) is 5.56. The normalized spacial score (nSPS) is 10.5. The van der Waals surface area contributed by atoms with Crippen molar-refractivity contribution in [2.24, 2.45) is 0 Å². The zero-order chi connectivity index (χ0) is 14.0. The quantitative estimate of drug-likeness (QED) is 0.933. The van der Waals surface area contributed by atoms with Gasteiger partial charge in [-0.3, -0.25) is 0 Å². The molecule has 1 heterocycles. The number of nitrogens with zero attached hydrogens (tertiary/aromatic N) is 1. The monoisotopic (exact) mass is 325 g/mol. The second-order valence-electron chi connectivity index (χ2n) is 4.04. The van der Waals surface area contributed by atoms with Crippen LogP contribution in [0.1, 0.15) is 27.4 Å². The van der Waals surface area contributed by atoms with Crippen LogP contribution in [0.15, 0.2) is 27.2 Å². The Bertz CT molecular complexity index is 602. The molecular formula is C13H12BrNO4. The lowest BCUT2D eigenvalue weighted by Crippen LogP contribution is -2.01. The summed E-state index contributed by atoms with van der Waals surface area (Å²) in [6.45, 7) is 3.93. The van der Waals surface area contributed by atoms with Crippen molar-refractivity contribution in [3.63, 3.8) is 0 Å². The van der Waals surface area contributed by atoms with E-state index >= 15 is 0 Å². The van der Waals surface area contributed by atoms with E-state index in [0.29, 0.717) is 22.6 Å². The maximum atomic E-state index is 11.0. The van der Waals surface area contributed by atoms with Gasteiger partial charge in [0.25, 0.3) is 0 Å². The van der Waals surface area contributed by atoms with E-state index in [1.807, 2.05) is 13.8 Å². The Morgan fingerprint density at radius 1 is 1.47 bits per heavy atom. The smallest absolute Gasteiger partial charge is 0.336 e. The molecule has 0 bridgehead atoms. The number of hydrogen-bond acceptors (Lipinski definition) is 4. The zero-order valence-corrected chi connectivity index (χ0v) is 12.0. The summed E-state index contributed by atoms with van der Waals surface area (Å²) >= 11 is 3.18. The van der Waals surface area contributed by atoms with Crippen molar-refractivity contribution >= 4 is 21.9 Å². The molecule has 0 amide bonds. The molecule has 0 unspecified atom stereocenters. The molecule has 0 atom stereocenters. The molecule has 1 aromatic heterocycles. The Kier molecular flexibility index (Phi) is 3.90. The summed E-state index contributed by atoms with van der Waals surface area (Å²) in [5, 5.41) is 12.9. The van der Waals surface area contributed by atoms with E-state index < -0.39 is 5.97 Å². The lowest BCUT2D eigenvalue weighted by atomic mass is 10.2. The predicted molar refractivity (Wildman–Crippen MR) is 71.4 cm³/mol. The summed E-state index contributed by atoms with van der Waals surface area (Å²) in [5.74, 6) is 0.184. The van der Waals surface area contributed by atoms with Crippen molar-refractivity contribution in [1.29, 1.82) is 0 Å². The van der Waals surface area contributed by atoms with E-state index in [1.165, 1.54) is 6.07 Å². The molecule has 0 spiro atoms. The third-order valence-electron chi connectivity index (χ3n) is 2.73. The first-order valence-corrected chi connectivity index (χ1v) is 6.35. The van der Waals surface area contributed by atoms with E-state index in [1.54, 1.807) is 12.1 Å². The molecule has 0 saturated heterocycles. The molecule has 1 aromatic carbocycles. The van der Waals surface area contributed by atoms with Crippen LogP contribution in [-0.2, 0) is 6.61 Å². The van der Waals surface area contributed by atoms with Gasteiger partial charge in [-0.15, -0.1) is 0 Å². The molecule has 0 aliphatic rings. The molecule has 2 aromatic rings. The molecule has 0 aliphatic carbocycles. The highest BCUT2D eigenvalue weighted by atomic mass is 79.9. The molecule has 0 aliphatic heterocycles. The molecule has 0 fully saturated rings. The number of carboxylic acids is 1. The number of ether oxygens (including phenoxy) is 1. The van der Waals surface area contributed by atoms with Gasteiger partial charge in [0.1, 0.15) is 18.1 Å². The number of carbonyl (C=O) groups is 1. The van der Waals surface area contributed by atoms with Gasteiger partial charge in [-0.25, -0.2) is 4.79 Å². The molecular weight excluding hydrogens is 314 g/mol. The minimum Gasteiger partial charge on any atom is -0.489 e. The maximum Gasteiger partial charge on any atom is 0.336 e. The highest BCUT2D eigenvalue weighted by Crippen LogP contribution is 2.24. The van der Waals surface area contributed by atoms with Crippen LogP contribution in [0.25, 0.3) is 0 Å². The van der Waals surface area contributed by atoms with Crippen molar-refractivity contribution in [2.45, 2.75) is 20.5 Å². The molecule has 2 rings (SSSR count). The van der Waals surface area contributed by atoms with Crippen LogP contribution in [0, 0.1) is 13.8 Å². The third kappa shape index (κ3) is 2.96. The van der Waals surface area contributed by atoms with Crippen LogP contribution in [0.4, 0.5) is 0 Å². The van der Waals surface area contributed by atoms with Crippen LogP contribution in [0.2, 0.25) is 0 Å². The summed E-state index contributed by atoms with van der Waals surface area (Å²) in [6.07, 6.45) is 0. The van der Waals surface area contributed by atoms with Gasteiger partial charge in [-0.1, -0.05) is 5.16 Å². The van der Waals surface area contributed by atoms with Crippen molar-refractivity contribution < 1.29 is 19.2 Å². The lowest BCUT2D eigenvalue weighted by molar-refractivity contribution is 0.0695. The SMILES string of the molecule is Cc1noc(C)c1COc1ccc(Br)c(C(=O)O)c1. The standard InChI is InChI=1S/C13H12BrNO4/c1-7-11(8(2)19-15-7)6-18-9-3-4-12(14)10(5-9)13(16)17/h3-5H,6H2,1-2H3,(H,16,17). The zero-order valence-electron chi connectivity index (χ0n) is 10.4. The number of aryl methyl sites for hydroxylation is 2. The summed E-state index contributed by atoms with van der Waals surface area (Å²) in [7, 11) is 0. The number of rotatable bonds is 4. The Balaban J connectivity index is 2.16. The fourth-order valence-electron chi connectivity index (χ4n) is 1.62. The fraction of sp³-hybridized carbons (Fsp3) is 0.231. The van der Waals surface area contributed by atoms with Crippen LogP contribution in [0.3, 0.4) is 0 Å². The summed E-state index contributed by atoms with van der Waals surface area (Å²) in [4.78, 5) is 11.0. The minimum atomic E-state index is -1.00. The Hall–Kier alpha value is -1.82. The van der Waals surface area contributed by atoms with Gasteiger partial charge in [-0.05, 0) is 48.0 Å².